The van der Waals surface area contributed by atoms with Crippen LogP contribution >= 0.6 is 0 Å². The Morgan fingerprint density at radius 3 is 2.42 bits per heavy atom. The van der Waals surface area contributed by atoms with Gasteiger partial charge in [0.2, 0.25) is 0 Å². The zero-order valence-electron chi connectivity index (χ0n) is 10.6. The summed E-state index contributed by atoms with van der Waals surface area (Å²) in [6.45, 7) is 2.55. The van der Waals surface area contributed by atoms with Crippen molar-refractivity contribution in [2.75, 3.05) is 19.0 Å². The number of ether oxygens (including phenoxy) is 1. The minimum absolute atomic E-state index is 0.302. The third-order valence-corrected chi connectivity index (χ3v) is 2.49. The Kier molecular flexibility index (Phi) is 3.89. The standard InChI is InChI=1S/C13H13F2N3O/c1-3-16-13-12(19-2)11(17-7-18-13)8-4-9(14)6-10(15)5-8/h4-7H,3H2,1-2H3,(H,16,17,18). The van der Waals surface area contributed by atoms with Crippen molar-refractivity contribution in [2.24, 2.45) is 0 Å². The number of benzene rings is 1. The third-order valence-electron chi connectivity index (χ3n) is 2.49. The van der Waals surface area contributed by atoms with E-state index in [0.717, 1.165) is 6.07 Å². The third kappa shape index (κ3) is 2.78. The Balaban J connectivity index is 2.57. The van der Waals surface area contributed by atoms with Crippen LogP contribution in [0.2, 0.25) is 0 Å². The molecule has 2 rings (SSSR count). The Labute approximate surface area is 109 Å². The summed E-state index contributed by atoms with van der Waals surface area (Å²) in [6, 6.07) is 3.20. The van der Waals surface area contributed by atoms with Crippen molar-refractivity contribution in [1.29, 1.82) is 0 Å². The first-order valence-electron chi connectivity index (χ1n) is 5.75. The van der Waals surface area contributed by atoms with Crippen LogP contribution in [0.4, 0.5) is 14.6 Å². The number of nitrogens with one attached hydrogen (secondary N) is 1. The van der Waals surface area contributed by atoms with Crippen LogP contribution < -0.4 is 10.1 Å². The summed E-state index contributed by atoms with van der Waals surface area (Å²) in [7, 11) is 1.46. The number of nitrogens with zero attached hydrogens (tertiary/aromatic N) is 2. The SMILES string of the molecule is CCNc1ncnc(-c2cc(F)cc(F)c2)c1OC. The summed E-state index contributed by atoms with van der Waals surface area (Å²) in [5.41, 5.74) is 0.641. The zero-order valence-corrected chi connectivity index (χ0v) is 10.6. The molecular weight excluding hydrogens is 252 g/mol. The average Bonchev–Trinajstić information content (AvgIpc) is 2.37. The van der Waals surface area contributed by atoms with Gasteiger partial charge < -0.3 is 10.1 Å². The molecule has 1 aromatic heterocycles. The van der Waals surface area contributed by atoms with Crippen LogP contribution in [0.5, 0.6) is 5.75 Å². The van der Waals surface area contributed by atoms with Gasteiger partial charge in [-0.05, 0) is 19.1 Å². The van der Waals surface area contributed by atoms with Gasteiger partial charge in [0.05, 0.1) is 7.11 Å². The highest BCUT2D eigenvalue weighted by atomic mass is 19.1. The van der Waals surface area contributed by atoms with Gasteiger partial charge >= 0.3 is 0 Å². The summed E-state index contributed by atoms with van der Waals surface area (Å²) >= 11 is 0. The highest BCUT2D eigenvalue weighted by Crippen LogP contribution is 2.33. The van der Waals surface area contributed by atoms with E-state index in [1.807, 2.05) is 6.92 Å². The lowest BCUT2D eigenvalue weighted by atomic mass is 10.1. The summed E-state index contributed by atoms with van der Waals surface area (Å²) in [4.78, 5) is 8.07. The number of aromatic nitrogens is 2. The largest absolute Gasteiger partial charge is 0.491 e. The van der Waals surface area contributed by atoms with E-state index in [1.165, 1.54) is 25.6 Å². The van der Waals surface area contributed by atoms with Gasteiger partial charge in [-0.3, -0.25) is 0 Å². The van der Waals surface area contributed by atoms with Gasteiger partial charge in [0.1, 0.15) is 23.7 Å². The molecule has 0 atom stereocenters. The molecule has 4 nitrogen and oxygen atoms in total. The molecule has 0 aliphatic rings. The number of anilines is 1. The van der Waals surface area contributed by atoms with E-state index >= 15 is 0 Å². The fourth-order valence-corrected chi connectivity index (χ4v) is 1.76. The smallest absolute Gasteiger partial charge is 0.187 e. The molecule has 0 saturated carbocycles. The van der Waals surface area contributed by atoms with Crippen molar-refractivity contribution >= 4 is 5.82 Å². The van der Waals surface area contributed by atoms with Gasteiger partial charge in [-0.25, -0.2) is 18.7 Å². The molecule has 0 spiro atoms. The lowest BCUT2D eigenvalue weighted by Gasteiger charge is -2.12. The number of hydrogen-bond acceptors (Lipinski definition) is 4. The molecule has 2 aromatic rings. The second kappa shape index (κ2) is 5.60. The lowest BCUT2D eigenvalue weighted by molar-refractivity contribution is 0.414. The van der Waals surface area contributed by atoms with E-state index in [0.29, 0.717) is 29.4 Å². The van der Waals surface area contributed by atoms with E-state index in [2.05, 4.69) is 15.3 Å². The molecule has 1 N–H and O–H groups in total. The van der Waals surface area contributed by atoms with Gasteiger partial charge in [-0.15, -0.1) is 0 Å². The monoisotopic (exact) mass is 265 g/mol. The van der Waals surface area contributed by atoms with Crippen LogP contribution in [0.1, 0.15) is 6.92 Å². The molecule has 1 heterocycles. The zero-order chi connectivity index (χ0) is 13.8. The summed E-state index contributed by atoms with van der Waals surface area (Å²) < 4.78 is 31.7. The van der Waals surface area contributed by atoms with E-state index in [-0.39, 0.29) is 0 Å². The van der Waals surface area contributed by atoms with Gasteiger partial charge in [0.25, 0.3) is 0 Å². The second-order valence-electron chi connectivity index (χ2n) is 3.79. The number of hydrogen-bond donors (Lipinski definition) is 1. The summed E-state index contributed by atoms with van der Waals surface area (Å²) in [6.07, 6.45) is 1.32. The number of methoxy groups -OCH3 is 1. The maximum atomic E-state index is 13.3. The Hall–Kier alpha value is -2.24. The van der Waals surface area contributed by atoms with Crippen molar-refractivity contribution in [3.05, 3.63) is 36.2 Å². The van der Waals surface area contributed by atoms with Gasteiger partial charge in [-0.1, -0.05) is 0 Å². The Morgan fingerprint density at radius 1 is 1.16 bits per heavy atom. The van der Waals surface area contributed by atoms with Gasteiger partial charge in [0, 0.05) is 18.2 Å². The van der Waals surface area contributed by atoms with Crippen molar-refractivity contribution < 1.29 is 13.5 Å². The predicted molar refractivity (Wildman–Crippen MR) is 68.1 cm³/mol. The quantitative estimate of drug-likeness (QED) is 0.923. The normalized spacial score (nSPS) is 10.3. The van der Waals surface area contributed by atoms with Gasteiger partial charge in [-0.2, -0.15) is 0 Å². The first-order valence-corrected chi connectivity index (χ1v) is 5.75. The number of halogens is 2. The summed E-state index contributed by atoms with van der Waals surface area (Å²) in [5.74, 6) is -0.490. The lowest BCUT2D eigenvalue weighted by Crippen LogP contribution is -2.04. The molecule has 0 unspecified atom stereocenters. The van der Waals surface area contributed by atoms with Gasteiger partial charge in [0.15, 0.2) is 11.6 Å². The molecule has 0 aliphatic carbocycles. The van der Waals surface area contributed by atoms with Crippen LogP contribution in [-0.2, 0) is 0 Å². The molecule has 0 fully saturated rings. The maximum absolute atomic E-state index is 13.3. The fraction of sp³-hybridized carbons (Fsp3) is 0.231. The van der Waals surface area contributed by atoms with Crippen molar-refractivity contribution in [3.63, 3.8) is 0 Å². The van der Waals surface area contributed by atoms with Crippen molar-refractivity contribution in [1.82, 2.24) is 9.97 Å². The van der Waals surface area contributed by atoms with Crippen LogP contribution in [0.15, 0.2) is 24.5 Å². The minimum atomic E-state index is -0.666. The van der Waals surface area contributed by atoms with Crippen molar-refractivity contribution in [3.8, 4) is 17.0 Å². The highest BCUT2D eigenvalue weighted by Gasteiger charge is 2.14. The van der Waals surface area contributed by atoms with E-state index in [4.69, 9.17) is 4.74 Å². The molecular formula is C13H13F2N3O. The maximum Gasteiger partial charge on any atom is 0.187 e. The molecule has 1 aromatic carbocycles. The number of rotatable bonds is 4. The molecule has 100 valence electrons. The van der Waals surface area contributed by atoms with Crippen LogP contribution in [0.25, 0.3) is 11.3 Å². The van der Waals surface area contributed by atoms with Crippen molar-refractivity contribution in [2.45, 2.75) is 6.92 Å². The summed E-state index contributed by atoms with van der Waals surface area (Å²) in [5, 5.41) is 3.00. The fourth-order valence-electron chi connectivity index (χ4n) is 1.76. The van der Waals surface area contributed by atoms with E-state index in [9.17, 15) is 8.78 Å². The topological polar surface area (TPSA) is 47.0 Å². The second-order valence-corrected chi connectivity index (χ2v) is 3.79. The molecule has 0 aliphatic heterocycles. The molecule has 0 saturated heterocycles. The molecule has 0 bridgehead atoms. The van der Waals surface area contributed by atoms with E-state index < -0.39 is 11.6 Å². The van der Waals surface area contributed by atoms with Crippen LogP contribution in [0, 0.1) is 11.6 Å². The molecule has 0 radical (unpaired) electrons. The van der Waals surface area contributed by atoms with Crippen LogP contribution in [0.3, 0.4) is 0 Å². The Bertz CT molecular complexity index is 570. The molecule has 19 heavy (non-hydrogen) atoms. The van der Waals surface area contributed by atoms with Crippen LogP contribution in [-0.4, -0.2) is 23.6 Å². The molecule has 6 heteroatoms. The molecule has 0 amide bonds. The average molecular weight is 265 g/mol. The Morgan fingerprint density at radius 2 is 1.84 bits per heavy atom. The first kappa shape index (κ1) is 13.2. The minimum Gasteiger partial charge on any atom is -0.491 e. The highest BCUT2D eigenvalue weighted by molar-refractivity contribution is 5.72. The first-order chi connectivity index (χ1) is 9.15. The predicted octanol–water partition coefficient (Wildman–Crippen LogP) is 2.86. The van der Waals surface area contributed by atoms with E-state index in [1.54, 1.807) is 0 Å².